The van der Waals surface area contributed by atoms with E-state index in [4.69, 9.17) is 5.11 Å². The molecule has 0 saturated carbocycles. The monoisotopic (exact) mass is 291 g/mol. The predicted octanol–water partition coefficient (Wildman–Crippen LogP) is 2.92. The molecule has 116 valence electrons. The minimum absolute atomic E-state index is 0.0176. The number of carbonyl (C=O) groups is 2. The lowest BCUT2D eigenvalue weighted by atomic mass is 10.00. The number of aliphatic carboxylic acids is 1. The number of aryl methyl sites for hydroxylation is 1. The Hall–Kier alpha value is -1.84. The smallest absolute Gasteiger partial charge is 0.308 e. The first-order chi connectivity index (χ1) is 9.81. The summed E-state index contributed by atoms with van der Waals surface area (Å²) in [7, 11) is 1.66. The molecule has 1 atom stereocenters. The lowest BCUT2D eigenvalue weighted by Crippen LogP contribution is -2.33. The van der Waals surface area contributed by atoms with Crippen LogP contribution in [-0.4, -0.2) is 35.5 Å². The van der Waals surface area contributed by atoms with Crippen LogP contribution in [0.3, 0.4) is 0 Å². The molecular weight excluding hydrogens is 266 g/mol. The number of carboxylic acid groups (broad SMARTS) is 1. The van der Waals surface area contributed by atoms with Crippen LogP contribution < -0.4 is 0 Å². The molecule has 0 spiro atoms. The number of carbonyl (C=O) groups excluding carboxylic acids is 1. The summed E-state index contributed by atoms with van der Waals surface area (Å²) < 4.78 is 0. The second kappa shape index (κ2) is 7.81. The van der Waals surface area contributed by atoms with E-state index in [0.29, 0.717) is 18.8 Å². The number of nitrogens with zero attached hydrogens (tertiary/aromatic N) is 1. The van der Waals surface area contributed by atoms with Gasteiger partial charge < -0.3 is 10.0 Å². The van der Waals surface area contributed by atoms with Crippen molar-refractivity contribution in [1.82, 2.24) is 4.90 Å². The van der Waals surface area contributed by atoms with Crippen LogP contribution in [0.15, 0.2) is 24.3 Å². The van der Waals surface area contributed by atoms with E-state index >= 15 is 0 Å². The zero-order valence-corrected chi connectivity index (χ0v) is 13.3. The summed E-state index contributed by atoms with van der Waals surface area (Å²) in [6, 6.07) is 8.31. The molecule has 1 aromatic carbocycles. The van der Waals surface area contributed by atoms with Crippen LogP contribution in [0.1, 0.15) is 44.2 Å². The van der Waals surface area contributed by atoms with Crippen LogP contribution in [0.25, 0.3) is 0 Å². The molecule has 1 unspecified atom stereocenters. The fourth-order valence-electron chi connectivity index (χ4n) is 2.10. The quantitative estimate of drug-likeness (QED) is 0.840. The van der Waals surface area contributed by atoms with Crippen molar-refractivity contribution in [3.63, 3.8) is 0 Å². The molecule has 0 aliphatic carbocycles. The van der Waals surface area contributed by atoms with Gasteiger partial charge in [0.25, 0.3) is 0 Å². The molecule has 21 heavy (non-hydrogen) atoms. The summed E-state index contributed by atoms with van der Waals surface area (Å²) in [6.45, 7) is 6.16. The molecule has 0 heterocycles. The van der Waals surface area contributed by atoms with Gasteiger partial charge in [0.1, 0.15) is 0 Å². The second-order valence-corrected chi connectivity index (χ2v) is 5.91. The third-order valence-corrected chi connectivity index (χ3v) is 3.67. The zero-order valence-electron chi connectivity index (χ0n) is 13.3. The Balaban J connectivity index is 2.47. The van der Waals surface area contributed by atoms with Gasteiger partial charge >= 0.3 is 5.97 Å². The normalized spacial score (nSPS) is 12.2. The third-order valence-electron chi connectivity index (χ3n) is 3.67. The van der Waals surface area contributed by atoms with E-state index in [1.807, 2.05) is 0 Å². The molecule has 1 aromatic rings. The highest BCUT2D eigenvalue weighted by Crippen LogP contribution is 2.15. The first-order valence-electron chi connectivity index (χ1n) is 7.37. The third kappa shape index (κ3) is 5.58. The van der Waals surface area contributed by atoms with Gasteiger partial charge in [0.15, 0.2) is 0 Å². The van der Waals surface area contributed by atoms with Gasteiger partial charge in [-0.15, -0.1) is 0 Å². The maximum atomic E-state index is 12.0. The summed E-state index contributed by atoms with van der Waals surface area (Å²) in [4.78, 5) is 24.3. The highest BCUT2D eigenvalue weighted by Gasteiger charge is 2.17. The largest absolute Gasteiger partial charge is 0.481 e. The number of hydrogen-bond donors (Lipinski definition) is 1. The summed E-state index contributed by atoms with van der Waals surface area (Å²) in [5.74, 6) is -0.927. The van der Waals surface area contributed by atoms with Crippen LogP contribution in [0.2, 0.25) is 0 Å². The summed E-state index contributed by atoms with van der Waals surface area (Å²) >= 11 is 0. The SMILES string of the molecule is CC(CN(C)C(=O)CCc1ccc(C(C)C)cc1)C(=O)O. The van der Waals surface area contributed by atoms with Crippen molar-refractivity contribution in [2.75, 3.05) is 13.6 Å². The number of carboxylic acids is 1. The molecule has 4 nitrogen and oxygen atoms in total. The van der Waals surface area contributed by atoms with Crippen LogP contribution in [0.4, 0.5) is 0 Å². The van der Waals surface area contributed by atoms with Crippen molar-refractivity contribution >= 4 is 11.9 Å². The lowest BCUT2D eigenvalue weighted by molar-refractivity contribution is -0.142. The molecule has 0 aliphatic heterocycles. The molecule has 0 bridgehead atoms. The van der Waals surface area contributed by atoms with Gasteiger partial charge in [0, 0.05) is 20.0 Å². The first-order valence-corrected chi connectivity index (χ1v) is 7.37. The van der Waals surface area contributed by atoms with Crippen molar-refractivity contribution < 1.29 is 14.7 Å². The maximum absolute atomic E-state index is 12.0. The van der Waals surface area contributed by atoms with E-state index in [0.717, 1.165) is 5.56 Å². The Morgan fingerprint density at radius 2 is 1.71 bits per heavy atom. The zero-order chi connectivity index (χ0) is 16.0. The van der Waals surface area contributed by atoms with E-state index < -0.39 is 11.9 Å². The van der Waals surface area contributed by atoms with E-state index in [1.54, 1.807) is 14.0 Å². The average molecular weight is 291 g/mol. The summed E-state index contributed by atoms with van der Waals surface area (Å²) in [6.07, 6.45) is 1.09. The average Bonchev–Trinajstić information content (AvgIpc) is 2.44. The molecule has 0 aromatic heterocycles. The van der Waals surface area contributed by atoms with Crippen molar-refractivity contribution in [3.05, 3.63) is 35.4 Å². The standard InChI is InChI=1S/C17H25NO3/c1-12(2)15-8-5-14(6-9-15)7-10-16(19)18(4)11-13(3)17(20)21/h5-6,8-9,12-13H,7,10-11H2,1-4H3,(H,20,21). The number of rotatable bonds is 7. The van der Waals surface area contributed by atoms with Gasteiger partial charge in [-0.3, -0.25) is 9.59 Å². The Morgan fingerprint density at radius 3 is 2.19 bits per heavy atom. The van der Waals surface area contributed by atoms with Crippen molar-refractivity contribution in [2.24, 2.45) is 5.92 Å². The minimum atomic E-state index is -0.876. The predicted molar refractivity (Wildman–Crippen MR) is 83.3 cm³/mol. The number of hydrogen-bond acceptors (Lipinski definition) is 2. The molecule has 1 N–H and O–H groups in total. The molecule has 0 radical (unpaired) electrons. The molecule has 0 saturated heterocycles. The summed E-state index contributed by atoms with van der Waals surface area (Å²) in [5.41, 5.74) is 2.42. The van der Waals surface area contributed by atoms with Crippen molar-refractivity contribution in [2.45, 2.75) is 39.5 Å². The van der Waals surface area contributed by atoms with Crippen LogP contribution in [-0.2, 0) is 16.0 Å². The van der Waals surface area contributed by atoms with Crippen molar-refractivity contribution in [1.29, 1.82) is 0 Å². The van der Waals surface area contributed by atoms with E-state index in [-0.39, 0.29) is 12.5 Å². The van der Waals surface area contributed by atoms with Gasteiger partial charge in [0.05, 0.1) is 5.92 Å². The Kier molecular flexibility index (Phi) is 6.40. The fraction of sp³-hybridized carbons (Fsp3) is 0.529. The highest BCUT2D eigenvalue weighted by atomic mass is 16.4. The first kappa shape index (κ1) is 17.2. The molecule has 0 fully saturated rings. The second-order valence-electron chi connectivity index (χ2n) is 5.91. The fourth-order valence-corrected chi connectivity index (χ4v) is 2.10. The number of benzene rings is 1. The minimum Gasteiger partial charge on any atom is -0.481 e. The van der Waals surface area contributed by atoms with E-state index in [2.05, 4.69) is 38.1 Å². The van der Waals surface area contributed by atoms with Gasteiger partial charge in [-0.05, 0) is 23.5 Å². The Morgan fingerprint density at radius 1 is 1.14 bits per heavy atom. The molecule has 1 rings (SSSR count). The molecule has 0 aliphatic rings. The molecule has 1 amide bonds. The van der Waals surface area contributed by atoms with Crippen LogP contribution in [0, 0.1) is 5.92 Å². The van der Waals surface area contributed by atoms with Crippen molar-refractivity contribution in [3.8, 4) is 0 Å². The molecular formula is C17H25NO3. The van der Waals surface area contributed by atoms with Crippen LogP contribution in [0.5, 0.6) is 0 Å². The van der Waals surface area contributed by atoms with E-state index in [9.17, 15) is 9.59 Å². The van der Waals surface area contributed by atoms with E-state index in [1.165, 1.54) is 10.5 Å². The Bertz CT molecular complexity index is 479. The van der Waals surface area contributed by atoms with Gasteiger partial charge in [-0.25, -0.2) is 0 Å². The van der Waals surface area contributed by atoms with Crippen LogP contribution >= 0.6 is 0 Å². The van der Waals surface area contributed by atoms with Gasteiger partial charge in [-0.1, -0.05) is 45.0 Å². The topological polar surface area (TPSA) is 57.6 Å². The maximum Gasteiger partial charge on any atom is 0.308 e. The molecule has 4 heteroatoms. The van der Waals surface area contributed by atoms with Gasteiger partial charge in [0.2, 0.25) is 5.91 Å². The lowest BCUT2D eigenvalue weighted by Gasteiger charge is -2.19. The Labute approximate surface area is 126 Å². The number of amides is 1. The summed E-state index contributed by atoms with van der Waals surface area (Å²) in [5, 5.41) is 8.85. The van der Waals surface area contributed by atoms with Gasteiger partial charge in [-0.2, -0.15) is 0 Å². The highest BCUT2D eigenvalue weighted by molar-refractivity contribution is 5.77.